The molecule has 5 nitrogen and oxygen atoms in total. The molecule has 2 fully saturated rings. The fourth-order valence-corrected chi connectivity index (χ4v) is 4.18. The zero-order chi connectivity index (χ0) is 15.7. The third-order valence-corrected chi connectivity index (χ3v) is 5.23. The van der Waals surface area contributed by atoms with Crippen molar-refractivity contribution in [3.05, 3.63) is 24.3 Å². The van der Waals surface area contributed by atoms with Gasteiger partial charge in [0.05, 0.1) is 11.4 Å². The number of rotatable bonds is 4. The number of carbonyl (C=O) groups is 1. The van der Waals surface area contributed by atoms with Gasteiger partial charge in [-0.2, -0.15) is 0 Å². The molecular formula is C17H25N3O2. The Morgan fingerprint density at radius 1 is 1.27 bits per heavy atom. The summed E-state index contributed by atoms with van der Waals surface area (Å²) in [5.41, 5.74) is 1.78. The van der Waals surface area contributed by atoms with Gasteiger partial charge in [-0.05, 0) is 43.2 Å². The molecule has 2 saturated carbocycles. The Morgan fingerprint density at radius 2 is 2.00 bits per heavy atom. The minimum Gasteiger partial charge on any atom is -0.396 e. The number of fused-ring (bicyclic) bond motifs is 2. The first-order valence-electron chi connectivity index (χ1n) is 8.05. The van der Waals surface area contributed by atoms with Crippen LogP contribution in [0.3, 0.4) is 0 Å². The van der Waals surface area contributed by atoms with E-state index in [1.165, 1.54) is 12.8 Å². The fourth-order valence-electron chi connectivity index (χ4n) is 4.18. The van der Waals surface area contributed by atoms with Gasteiger partial charge in [-0.15, -0.1) is 0 Å². The van der Waals surface area contributed by atoms with Gasteiger partial charge in [0.25, 0.3) is 0 Å². The first-order valence-corrected chi connectivity index (χ1v) is 8.05. The lowest BCUT2D eigenvalue weighted by atomic mass is 9.85. The number of anilines is 2. The highest BCUT2D eigenvalue weighted by molar-refractivity contribution is 5.93. The number of para-hydroxylation sites is 2. The number of aliphatic hydroxyl groups is 1. The monoisotopic (exact) mass is 303 g/mol. The summed E-state index contributed by atoms with van der Waals surface area (Å²) in [6.07, 6.45) is 3.50. The largest absolute Gasteiger partial charge is 0.396 e. The maximum atomic E-state index is 12.4. The van der Waals surface area contributed by atoms with E-state index in [1.807, 2.05) is 43.3 Å². The van der Waals surface area contributed by atoms with Crippen LogP contribution < -0.4 is 15.5 Å². The number of nitrogens with zero attached hydrogens (tertiary/aromatic N) is 1. The van der Waals surface area contributed by atoms with Gasteiger partial charge in [0.2, 0.25) is 0 Å². The number of aliphatic hydroxyl groups excluding tert-OH is 1. The molecule has 0 radical (unpaired) electrons. The van der Waals surface area contributed by atoms with Crippen LogP contribution in [0.4, 0.5) is 16.2 Å². The summed E-state index contributed by atoms with van der Waals surface area (Å²) in [5.74, 6) is 1.32. The molecule has 0 aromatic heterocycles. The van der Waals surface area contributed by atoms with E-state index in [-0.39, 0.29) is 24.6 Å². The second kappa shape index (κ2) is 6.16. The molecule has 2 amide bonds. The van der Waals surface area contributed by atoms with Crippen LogP contribution in [0.1, 0.15) is 19.3 Å². The molecule has 2 aliphatic carbocycles. The van der Waals surface area contributed by atoms with E-state index in [2.05, 4.69) is 10.6 Å². The fraction of sp³-hybridized carbons (Fsp3) is 0.588. The lowest BCUT2D eigenvalue weighted by Crippen LogP contribution is -2.46. The molecule has 4 atom stereocenters. The van der Waals surface area contributed by atoms with Crippen molar-refractivity contribution in [3.8, 4) is 0 Å². The van der Waals surface area contributed by atoms with Crippen LogP contribution in [0.15, 0.2) is 24.3 Å². The Labute approximate surface area is 131 Å². The third kappa shape index (κ3) is 2.77. The summed E-state index contributed by atoms with van der Waals surface area (Å²) in [7, 11) is 3.91. The Bertz CT molecular complexity index is 546. The van der Waals surface area contributed by atoms with Crippen molar-refractivity contribution >= 4 is 17.4 Å². The number of nitrogens with one attached hydrogen (secondary N) is 2. The predicted molar refractivity (Wildman–Crippen MR) is 88.1 cm³/mol. The Morgan fingerprint density at radius 3 is 2.73 bits per heavy atom. The maximum Gasteiger partial charge on any atom is 0.319 e. The van der Waals surface area contributed by atoms with Gasteiger partial charge < -0.3 is 20.6 Å². The van der Waals surface area contributed by atoms with E-state index in [4.69, 9.17) is 0 Å². The molecule has 3 N–H and O–H groups in total. The summed E-state index contributed by atoms with van der Waals surface area (Å²) in [4.78, 5) is 14.3. The SMILES string of the molecule is CN(C)c1ccccc1NC(=O)NC1C2CCC(C2)C1CO. The van der Waals surface area contributed by atoms with Crippen LogP contribution >= 0.6 is 0 Å². The van der Waals surface area contributed by atoms with Crippen LogP contribution in [0, 0.1) is 17.8 Å². The van der Waals surface area contributed by atoms with Gasteiger partial charge in [0.15, 0.2) is 0 Å². The van der Waals surface area contributed by atoms with Gasteiger partial charge in [-0.3, -0.25) is 0 Å². The summed E-state index contributed by atoms with van der Waals surface area (Å²) in [5, 5.41) is 15.6. The highest BCUT2D eigenvalue weighted by Crippen LogP contribution is 2.48. The molecule has 0 spiro atoms. The van der Waals surface area contributed by atoms with E-state index in [1.54, 1.807) is 0 Å². The molecule has 1 aromatic rings. The number of hydrogen-bond donors (Lipinski definition) is 3. The predicted octanol–water partition coefficient (Wildman–Crippen LogP) is 2.28. The van der Waals surface area contributed by atoms with Crippen LogP contribution in [-0.4, -0.2) is 37.9 Å². The molecule has 1 aromatic carbocycles. The average Bonchev–Trinajstić information content (AvgIpc) is 3.08. The molecule has 5 heteroatoms. The normalized spacial score (nSPS) is 29.4. The lowest BCUT2D eigenvalue weighted by Gasteiger charge is -2.30. The molecular weight excluding hydrogens is 278 g/mol. The number of hydrogen-bond acceptors (Lipinski definition) is 3. The quantitative estimate of drug-likeness (QED) is 0.799. The van der Waals surface area contributed by atoms with Gasteiger partial charge in [-0.25, -0.2) is 4.79 Å². The van der Waals surface area contributed by atoms with Crippen LogP contribution in [0.25, 0.3) is 0 Å². The van der Waals surface area contributed by atoms with E-state index in [9.17, 15) is 9.90 Å². The zero-order valence-corrected chi connectivity index (χ0v) is 13.2. The standard InChI is InChI=1S/C17H25N3O2/c1-20(2)15-6-4-3-5-14(15)18-17(22)19-16-12-8-7-11(9-12)13(16)10-21/h3-6,11-13,16,21H,7-10H2,1-2H3,(H2,18,19,22). The summed E-state index contributed by atoms with van der Waals surface area (Å²) in [6, 6.07) is 7.68. The minimum atomic E-state index is -0.176. The third-order valence-electron chi connectivity index (χ3n) is 5.23. The maximum absolute atomic E-state index is 12.4. The minimum absolute atomic E-state index is 0.107. The first kappa shape index (κ1) is 15.2. The van der Waals surface area contributed by atoms with Crippen molar-refractivity contribution in [2.75, 3.05) is 30.9 Å². The molecule has 120 valence electrons. The van der Waals surface area contributed by atoms with Crippen LogP contribution in [0.5, 0.6) is 0 Å². The summed E-state index contributed by atoms with van der Waals surface area (Å²) >= 11 is 0. The topological polar surface area (TPSA) is 64.6 Å². The smallest absolute Gasteiger partial charge is 0.319 e. The van der Waals surface area contributed by atoms with Crippen molar-refractivity contribution in [1.29, 1.82) is 0 Å². The number of benzene rings is 1. The van der Waals surface area contributed by atoms with Gasteiger partial charge in [0.1, 0.15) is 0 Å². The Hall–Kier alpha value is -1.75. The van der Waals surface area contributed by atoms with Crippen LogP contribution in [-0.2, 0) is 0 Å². The van der Waals surface area contributed by atoms with Gasteiger partial charge in [-0.1, -0.05) is 12.1 Å². The van der Waals surface area contributed by atoms with E-state index in [0.29, 0.717) is 11.8 Å². The number of urea groups is 1. The van der Waals surface area contributed by atoms with Crippen LogP contribution in [0.2, 0.25) is 0 Å². The van der Waals surface area contributed by atoms with Gasteiger partial charge >= 0.3 is 6.03 Å². The first-order chi connectivity index (χ1) is 10.6. The highest BCUT2D eigenvalue weighted by Gasteiger charge is 2.47. The van der Waals surface area contributed by atoms with Crippen molar-refractivity contribution in [2.45, 2.75) is 25.3 Å². The zero-order valence-electron chi connectivity index (χ0n) is 13.2. The summed E-state index contributed by atoms with van der Waals surface area (Å²) in [6.45, 7) is 0.167. The molecule has 2 aliphatic rings. The average molecular weight is 303 g/mol. The van der Waals surface area contributed by atoms with Crippen molar-refractivity contribution in [2.24, 2.45) is 17.8 Å². The van der Waals surface area contributed by atoms with E-state index >= 15 is 0 Å². The lowest BCUT2D eigenvalue weighted by molar-refractivity contribution is 0.146. The highest BCUT2D eigenvalue weighted by atomic mass is 16.3. The number of carbonyl (C=O) groups excluding carboxylic acids is 1. The van der Waals surface area contributed by atoms with Crippen molar-refractivity contribution < 1.29 is 9.90 Å². The Balaban J connectivity index is 1.66. The Kier molecular flexibility index (Phi) is 4.25. The molecule has 4 unspecified atom stereocenters. The molecule has 2 bridgehead atoms. The van der Waals surface area contributed by atoms with E-state index in [0.717, 1.165) is 17.8 Å². The molecule has 3 rings (SSSR count). The van der Waals surface area contributed by atoms with Crippen molar-refractivity contribution in [3.63, 3.8) is 0 Å². The second-order valence-electron chi connectivity index (χ2n) is 6.72. The molecule has 0 heterocycles. The van der Waals surface area contributed by atoms with Gasteiger partial charge in [0, 0.05) is 32.7 Å². The second-order valence-corrected chi connectivity index (χ2v) is 6.72. The molecule has 0 aliphatic heterocycles. The van der Waals surface area contributed by atoms with Crippen molar-refractivity contribution in [1.82, 2.24) is 5.32 Å². The van der Waals surface area contributed by atoms with E-state index < -0.39 is 0 Å². The molecule has 22 heavy (non-hydrogen) atoms. The number of amides is 2. The molecule has 0 saturated heterocycles. The summed E-state index contributed by atoms with van der Waals surface area (Å²) < 4.78 is 0.